The molecule has 0 aromatic rings. The van der Waals surface area contributed by atoms with E-state index in [1.54, 1.807) is 0 Å². The van der Waals surface area contributed by atoms with Gasteiger partial charge < -0.3 is 18.5 Å². The third-order valence-electron chi connectivity index (χ3n) is 0. The van der Waals surface area contributed by atoms with E-state index in [0.717, 1.165) is 0 Å². The van der Waals surface area contributed by atoms with E-state index < -0.39 is 22.0 Å². The number of carboxylic acid groups (broad SMARTS) is 2. The quantitative estimate of drug-likeness (QED) is 0.299. The van der Waals surface area contributed by atoms with Crippen LogP contribution in [-0.2, 0) is 0 Å². The average molecular weight is 147 g/mol. The normalized spacial score (nSPS) is 4.75. The van der Waals surface area contributed by atoms with Gasteiger partial charge in [-0.3, -0.25) is 0 Å². The van der Waals surface area contributed by atoms with Crippen molar-refractivity contribution in [2.75, 3.05) is 0 Å². The van der Waals surface area contributed by atoms with E-state index in [9.17, 15) is 0 Å². The molecule has 5 nitrogen and oxygen atoms in total. The van der Waals surface area contributed by atoms with Crippen LogP contribution < -0.4 is 0 Å². The van der Waals surface area contributed by atoms with Crippen LogP contribution in [0.3, 0.4) is 0 Å². The maximum Gasteiger partial charge on any atom is 0.662 e. The second-order valence-corrected chi connectivity index (χ2v) is 0.629. The van der Waals surface area contributed by atoms with Gasteiger partial charge >= 0.3 is 51.6 Å². The summed E-state index contributed by atoms with van der Waals surface area (Å²) in [5, 5.41) is 13.9. The molecule has 0 rings (SSSR count). The molecule has 0 saturated heterocycles. The van der Waals surface area contributed by atoms with E-state index in [0.29, 0.717) is 0 Å². The molecule has 0 amide bonds. The van der Waals surface area contributed by atoms with E-state index in [1.165, 1.54) is 0 Å². The summed E-state index contributed by atoms with van der Waals surface area (Å²) in [6, 6.07) is 0. The molecule has 43 valence electrons. The smallest absolute Gasteiger partial charge is 0.499 e. The molecule has 0 aliphatic heterocycles. The van der Waals surface area contributed by atoms with Crippen molar-refractivity contribution < 1.29 is 23.3 Å². The van der Waals surface area contributed by atoms with Gasteiger partial charge in [-0.15, -0.1) is 0 Å². The van der Waals surface area contributed by atoms with Gasteiger partial charge in [0.05, 0.1) is 0 Å². The number of carbonyl (C=O) groups is 1. The topological polar surface area (TPSA) is 98.0 Å². The van der Waals surface area contributed by atoms with Crippen molar-refractivity contribution >= 4 is 51.6 Å². The molecule has 0 unspecified atom stereocenters. The van der Waals surface area contributed by atoms with Gasteiger partial charge in [0.15, 0.2) is 0 Å². The molecule has 0 spiro atoms. The summed E-state index contributed by atoms with van der Waals surface area (Å²) in [6.07, 6.45) is -1.83. The molecule has 8 heavy (non-hydrogen) atoms. The predicted octanol–water partition coefficient (Wildman–Crippen LogP) is -1.92. The molecule has 0 aromatic heterocycles. The largest absolute Gasteiger partial charge is 0.662 e. The fourth-order valence-electron chi connectivity index (χ4n) is 0. The molecule has 7 heteroatoms. The third kappa shape index (κ3) is 422. The van der Waals surface area contributed by atoms with Gasteiger partial charge in [0, 0.05) is 0 Å². The fraction of sp³-hybridized carbons (Fsp3) is 0. The van der Waals surface area contributed by atoms with Gasteiger partial charge in [0.2, 0.25) is 0 Å². The van der Waals surface area contributed by atoms with Crippen molar-refractivity contribution in [1.29, 1.82) is 0 Å². The Kier molecular flexibility index (Phi) is 31.1. The molecule has 0 heterocycles. The van der Waals surface area contributed by atoms with Crippen LogP contribution in [-0.4, -0.2) is 70.1 Å². The van der Waals surface area contributed by atoms with Gasteiger partial charge in [-0.1, -0.05) is 0 Å². The third-order valence-corrected chi connectivity index (χ3v) is 0. The van der Waals surface area contributed by atoms with E-state index in [4.69, 9.17) is 23.3 Å². The predicted molar refractivity (Wildman–Crippen MR) is 28.0 cm³/mol. The molecule has 0 fully saturated rings. The molecular formula is CH5AlNaO5. The van der Waals surface area contributed by atoms with Crippen LogP contribution in [0, 0.1) is 0 Å². The molecule has 0 atom stereocenters. The minimum atomic E-state index is -1.83. The summed E-state index contributed by atoms with van der Waals surface area (Å²) >= 11 is -1.25. The zero-order valence-corrected chi connectivity index (χ0v) is 4.43. The van der Waals surface area contributed by atoms with Crippen molar-refractivity contribution in [1.82, 2.24) is 0 Å². The van der Waals surface area contributed by atoms with Crippen molar-refractivity contribution in [3.8, 4) is 0 Å². The minimum absolute atomic E-state index is 0. The van der Waals surface area contributed by atoms with Crippen molar-refractivity contribution in [3.05, 3.63) is 0 Å². The number of rotatable bonds is 0. The van der Waals surface area contributed by atoms with Crippen molar-refractivity contribution in [2.45, 2.75) is 0 Å². The van der Waals surface area contributed by atoms with Crippen LogP contribution in [0.1, 0.15) is 0 Å². The first-order valence-electron chi connectivity index (χ1n) is 1.17. The fourth-order valence-corrected chi connectivity index (χ4v) is 0. The summed E-state index contributed by atoms with van der Waals surface area (Å²) < 4.78 is 14.4. The van der Waals surface area contributed by atoms with Crippen LogP contribution in [0.2, 0.25) is 0 Å². The first-order valence-corrected chi connectivity index (χ1v) is 2.20. The SMILES string of the molecule is O=C(O)O.[NaH].[OH][Al][OH]. The van der Waals surface area contributed by atoms with Gasteiger partial charge in [-0.05, 0) is 0 Å². The van der Waals surface area contributed by atoms with Gasteiger partial charge in [-0.2, -0.15) is 0 Å². The van der Waals surface area contributed by atoms with Crippen LogP contribution in [0.4, 0.5) is 4.79 Å². The Balaban J connectivity index is -0.0000000575. The molecule has 0 aliphatic rings. The van der Waals surface area contributed by atoms with E-state index in [-0.39, 0.29) is 29.6 Å². The Labute approximate surface area is 74.6 Å². The summed E-state index contributed by atoms with van der Waals surface area (Å²) in [5.41, 5.74) is 0. The minimum Gasteiger partial charge on any atom is -0.499 e. The summed E-state index contributed by atoms with van der Waals surface area (Å²) in [4.78, 5) is 8.56. The Hall–Kier alpha value is 0.722. The van der Waals surface area contributed by atoms with Gasteiger partial charge in [0.25, 0.3) is 0 Å². The molecule has 0 bridgehead atoms. The molecular weight excluding hydrogens is 142 g/mol. The first-order chi connectivity index (χ1) is 3.15. The van der Waals surface area contributed by atoms with E-state index >= 15 is 0 Å². The van der Waals surface area contributed by atoms with Gasteiger partial charge in [-0.25, -0.2) is 4.79 Å². The molecule has 0 aromatic carbocycles. The second-order valence-electron chi connectivity index (χ2n) is 0.398. The average Bonchev–Trinajstić information content (AvgIpc) is 1.33. The van der Waals surface area contributed by atoms with Gasteiger partial charge in [0.1, 0.15) is 0 Å². The molecule has 0 saturated carbocycles. The monoisotopic (exact) mass is 147 g/mol. The maximum absolute atomic E-state index is 8.56. The van der Waals surface area contributed by atoms with Crippen LogP contribution in [0.15, 0.2) is 0 Å². The maximum atomic E-state index is 8.56. The summed E-state index contributed by atoms with van der Waals surface area (Å²) in [6.45, 7) is 0. The van der Waals surface area contributed by atoms with Crippen molar-refractivity contribution in [3.63, 3.8) is 0 Å². The first kappa shape index (κ1) is 15.9. The Morgan fingerprint density at radius 1 is 1.25 bits per heavy atom. The zero-order valence-electron chi connectivity index (χ0n) is 3.27. The van der Waals surface area contributed by atoms with E-state index in [2.05, 4.69) is 0 Å². The van der Waals surface area contributed by atoms with Crippen molar-refractivity contribution in [2.24, 2.45) is 0 Å². The zero-order chi connectivity index (χ0) is 6.28. The Morgan fingerprint density at radius 3 is 1.25 bits per heavy atom. The second kappa shape index (κ2) is 15.6. The van der Waals surface area contributed by atoms with Crippen LogP contribution >= 0.6 is 0 Å². The Morgan fingerprint density at radius 2 is 1.25 bits per heavy atom. The summed E-state index contributed by atoms with van der Waals surface area (Å²) in [7, 11) is 0. The number of hydrogen-bond donors (Lipinski definition) is 4. The Bertz CT molecular complexity index is 43.7. The molecule has 1 radical (unpaired) electrons. The molecule has 4 N–H and O–H groups in total. The van der Waals surface area contributed by atoms with Crippen LogP contribution in [0.5, 0.6) is 0 Å². The van der Waals surface area contributed by atoms with E-state index in [1.807, 2.05) is 0 Å². The standard InChI is InChI=1S/CH2O3.Al.Na.2H2O.H/c2-1(3)4;;;;;/h(H2,2,3,4);;;2*1H2;/q;+2;;;;/p-2. The number of hydrogen-bond acceptors (Lipinski definition) is 3. The summed E-state index contributed by atoms with van der Waals surface area (Å²) in [5.74, 6) is 0. The molecule has 0 aliphatic carbocycles. The van der Waals surface area contributed by atoms with Crippen LogP contribution in [0.25, 0.3) is 0 Å².